The summed E-state index contributed by atoms with van der Waals surface area (Å²) in [6.07, 6.45) is 0.979. The van der Waals surface area contributed by atoms with Crippen LogP contribution in [0.25, 0.3) is 0 Å². The summed E-state index contributed by atoms with van der Waals surface area (Å²) < 4.78 is 16.8. The second kappa shape index (κ2) is 11.4. The Bertz CT molecular complexity index is 754. The number of para-hydroxylation sites is 1. The fourth-order valence-corrected chi connectivity index (χ4v) is 3.42. The van der Waals surface area contributed by atoms with Crippen LogP contribution in [0.4, 0.5) is 4.79 Å². The Morgan fingerprint density at radius 1 is 1.07 bits per heavy atom. The summed E-state index contributed by atoms with van der Waals surface area (Å²) in [4.78, 5) is 14.2. The fraction of sp³-hybridized carbons (Fsp3) is 0.435. The Labute approximate surface area is 172 Å². The van der Waals surface area contributed by atoms with Crippen molar-refractivity contribution in [3.8, 4) is 5.75 Å². The molecule has 0 aliphatic carbocycles. The number of hydrogen-bond acceptors (Lipinski definition) is 4. The molecule has 6 heteroatoms. The molecule has 0 bridgehead atoms. The van der Waals surface area contributed by atoms with Gasteiger partial charge in [-0.05, 0) is 18.1 Å². The molecule has 1 unspecified atom stereocenters. The summed E-state index contributed by atoms with van der Waals surface area (Å²) in [5.41, 5.74) is 2.17. The lowest BCUT2D eigenvalue weighted by molar-refractivity contribution is 0.0895. The SMILES string of the molecule is COc1ccccc1COCCNC(=O)N1CCC(COCc2ccccc2)C1. The van der Waals surface area contributed by atoms with Gasteiger partial charge in [-0.25, -0.2) is 4.79 Å². The molecule has 1 aliphatic rings. The van der Waals surface area contributed by atoms with Gasteiger partial charge in [0, 0.05) is 31.1 Å². The van der Waals surface area contributed by atoms with Crippen molar-refractivity contribution in [1.29, 1.82) is 0 Å². The van der Waals surface area contributed by atoms with Crippen molar-refractivity contribution in [2.45, 2.75) is 19.6 Å². The van der Waals surface area contributed by atoms with Crippen LogP contribution in [0.2, 0.25) is 0 Å². The zero-order valence-corrected chi connectivity index (χ0v) is 17.0. The lowest BCUT2D eigenvalue weighted by atomic mass is 10.1. The molecule has 1 aliphatic heterocycles. The minimum atomic E-state index is -0.0311. The second-order valence-electron chi connectivity index (χ2n) is 7.20. The monoisotopic (exact) mass is 398 g/mol. The predicted molar refractivity (Wildman–Crippen MR) is 112 cm³/mol. The highest BCUT2D eigenvalue weighted by atomic mass is 16.5. The van der Waals surface area contributed by atoms with E-state index < -0.39 is 0 Å². The predicted octanol–water partition coefficient (Wildman–Crippen LogP) is 3.46. The van der Waals surface area contributed by atoms with Gasteiger partial charge in [0.05, 0.1) is 33.5 Å². The van der Waals surface area contributed by atoms with E-state index in [-0.39, 0.29) is 6.03 Å². The molecule has 0 saturated carbocycles. The number of nitrogens with zero attached hydrogens (tertiary/aromatic N) is 1. The zero-order valence-electron chi connectivity index (χ0n) is 17.0. The van der Waals surface area contributed by atoms with Gasteiger partial charge in [0.1, 0.15) is 5.75 Å². The minimum absolute atomic E-state index is 0.0311. The first kappa shape index (κ1) is 21.1. The standard InChI is InChI=1S/C23H30N2O4/c1-27-22-10-6-5-9-21(22)18-28-14-12-24-23(26)25-13-11-20(15-25)17-29-16-19-7-3-2-4-8-19/h2-10,20H,11-18H2,1H3,(H,24,26). The normalized spacial score (nSPS) is 16.0. The molecule has 1 N–H and O–H groups in total. The van der Waals surface area contributed by atoms with Crippen LogP contribution < -0.4 is 10.1 Å². The molecule has 2 aromatic rings. The van der Waals surface area contributed by atoms with E-state index in [0.29, 0.717) is 38.9 Å². The van der Waals surface area contributed by atoms with Crippen molar-refractivity contribution in [3.63, 3.8) is 0 Å². The van der Waals surface area contributed by atoms with Crippen LogP contribution in [0.15, 0.2) is 54.6 Å². The molecule has 0 spiro atoms. The molecule has 6 nitrogen and oxygen atoms in total. The highest BCUT2D eigenvalue weighted by Gasteiger charge is 2.26. The molecule has 0 radical (unpaired) electrons. The second-order valence-corrected chi connectivity index (χ2v) is 7.20. The minimum Gasteiger partial charge on any atom is -0.496 e. The van der Waals surface area contributed by atoms with Crippen LogP contribution in [0.3, 0.4) is 0 Å². The van der Waals surface area contributed by atoms with Crippen molar-refractivity contribution >= 4 is 6.03 Å². The highest BCUT2D eigenvalue weighted by molar-refractivity contribution is 5.74. The van der Waals surface area contributed by atoms with Gasteiger partial charge >= 0.3 is 6.03 Å². The van der Waals surface area contributed by atoms with Gasteiger partial charge in [0.25, 0.3) is 0 Å². The van der Waals surface area contributed by atoms with E-state index in [1.807, 2.05) is 47.4 Å². The largest absolute Gasteiger partial charge is 0.496 e. The molecule has 3 rings (SSSR count). The number of carbonyl (C=O) groups excluding carboxylic acids is 1. The number of hydrogen-bond donors (Lipinski definition) is 1. The van der Waals surface area contributed by atoms with E-state index >= 15 is 0 Å². The lowest BCUT2D eigenvalue weighted by Gasteiger charge is -2.17. The van der Waals surface area contributed by atoms with E-state index in [4.69, 9.17) is 14.2 Å². The molecule has 0 aromatic heterocycles. The molecule has 2 aromatic carbocycles. The van der Waals surface area contributed by atoms with Crippen molar-refractivity contribution in [2.24, 2.45) is 5.92 Å². The first-order chi connectivity index (χ1) is 14.3. The summed E-state index contributed by atoms with van der Waals surface area (Å²) in [5, 5.41) is 2.93. The van der Waals surface area contributed by atoms with Crippen LogP contribution in [0.1, 0.15) is 17.5 Å². The number of likely N-dealkylation sites (tertiary alicyclic amines) is 1. The van der Waals surface area contributed by atoms with Crippen molar-refractivity contribution in [1.82, 2.24) is 10.2 Å². The molecule has 156 valence electrons. The van der Waals surface area contributed by atoms with Gasteiger partial charge in [0.2, 0.25) is 0 Å². The van der Waals surface area contributed by atoms with E-state index in [9.17, 15) is 4.79 Å². The summed E-state index contributed by atoms with van der Waals surface area (Å²) >= 11 is 0. The summed E-state index contributed by atoms with van der Waals surface area (Å²) in [5.74, 6) is 1.21. The average molecular weight is 399 g/mol. The van der Waals surface area contributed by atoms with E-state index in [0.717, 1.165) is 30.8 Å². The van der Waals surface area contributed by atoms with Crippen LogP contribution >= 0.6 is 0 Å². The number of urea groups is 1. The molecular formula is C23H30N2O4. The molecule has 1 fully saturated rings. The van der Waals surface area contributed by atoms with Crippen LogP contribution in [0, 0.1) is 5.92 Å². The van der Waals surface area contributed by atoms with Crippen molar-refractivity contribution in [3.05, 3.63) is 65.7 Å². The van der Waals surface area contributed by atoms with Gasteiger partial charge < -0.3 is 24.4 Å². The summed E-state index contributed by atoms with van der Waals surface area (Å²) in [6, 6.07) is 17.9. The third kappa shape index (κ3) is 6.76. The summed E-state index contributed by atoms with van der Waals surface area (Å²) in [6.45, 7) is 4.22. The first-order valence-corrected chi connectivity index (χ1v) is 10.1. The Balaban J connectivity index is 1.27. The number of rotatable bonds is 10. The molecule has 1 heterocycles. The molecule has 1 saturated heterocycles. The van der Waals surface area contributed by atoms with Gasteiger partial charge in [0.15, 0.2) is 0 Å². The van der Waals surface area contributed by atoms with Gasteiger partial charge in [-0.1, -0.05) is 48.5 Å². The van der Waals surface area contributed by atoms with Crippen molar-refractivity contribution < 1.29 is 19.0 Å². The Morgan fingerprint density at radius 2 is 1.86 bits per heavy atom. The van der Waals surface area contributed by atoms with Gasteiger partial charge in [-0.2, -0.15) is 0 Å². The Morgan fingerprint density at radius 3 is 2.69 bits per heavy atom. The van der Waals surface area contributed by atoms with Gasteiger partial charge in [-0.15, -0.1) is 0 Å². The smallest absolute Gasteiger partial charge is 0.317 e. The molecule has 29 heavy (non-hydrogen) atoms. The third-order valence-electron chi connectivity index (χ3n) is 5.01. The number of ether oxygens (including phenoxy) is 3. The highest BCUT2D eigenvalue weighted by Crippen LogP contribution is 2.18. The third-order valence-corrected chi connectivity index (χ3v) is 5.01. The topological polar surface area (TPSA) is 60.0 Å². The maximum absolute atomic E-state index is 12.3. The van der Waals surface area contributed by atoms with Crippen LogP contribution in [-0.2, 0) is 22.7 Å². The van der Waals surface area contributed by atoms with E-state index in [2.05, 4.69) is 17.4 Å². The quantitative estimate of drug-likeness (QED) is 0.623. The number of amides is 2. The van der Waals surface area contributed by atoms with Crippen molar-refractivity contribution in [2.75, 3.05) is 40.0 Å². The molecule has 1 atom stereocenters. The van der Waals surface area contributed by atoms with E-state index in [1.54, 1.807) is 7.11 Å². The number of methoxy groups -OCH3 is 1. The lowest BCUT2D eigenvalue weighted by Crippen LogP contribution is -2.40. The number of benzene rings is 2. The number of carbonyl (C=O) groups is 1. The van der Waals surface area contributed by atoms with Crippen LogP contribution in [-0.4, -0.2) is 50.9 Å². The number of nitrogens with one attached hydrogen (secondary N) is 1. The fourth-order valence-electron chi connectivity index (χ4n) is 3.42. The zero-order chi connectivity index (χ0) is 20.3. The maximum Gasteiger partial charge on any atom is 0.317 e. The Kier molecular flexibility index (Phi) is 8.34. The Hall–Kier alpha value is -2.57. The maximum atomic E-state index is 12.3. The van der Waals surface area contributed by atoms with E-state index in [1.165, 1.54) is 5.56 Å². The van der Waals surface area contributed by atoms with Crippen LogP contribution in [0.5, 0.6) is 5.75 Å². The average Bonchev–Trinajstić information content (AvgIpc) is 3.23. The first-order valence-electron chi connectivity index (χ1n) is 10.1. The molecular weight excluding hydrogens is 368 g/mol. The van der Waals surface area contributed by atoms with Gasteiger partial charge in [-0.3, -0.25) is 0 Å². The molecule has 2 amide bonds. The summed E-state index contributed by atoms with van der Waals surface area (Å²) in [7, 11) is 1.65.